The number of ether oxygens (including phenoxy) is 1. The van der Waals surface area contributed by atoms with E-state index < -0.39 is 5.60 Å². The molecule has 0 saturated carbocycles. The van der Waals surface area contributed by atoms with Gasteiger partial charge >= 0.3 is 0 Å². The average molecular weight is 344 g/mol. The number of benzene rings is 1. The number of carbonyl (C=O) groups is 1. The second-order valence-electron chi connectivity index (χ2n) is 5.54. The maximum Gasteiger partial charge on any atom is 0.254 e. The van der Waals surface area contributed by atoms with Gasteiger partial charge < -0.3 is 19.8 Å². The molecule has 5 nitrogen and oxygen atoms in total. The van der Waals surface area contributed by atoms with Gasteiger partial charge in [-0.25, -0.2) is 0 Å². The fraction of sp³-hybridized carbons (Fsp3) is 0.500. The van der Waals surface area contributed by atoms with Crippen molar-refractivity contribution in [1.29, 1.82) is 0 Å². The Balaban J connectivity index is 2.21. The Morgan fingerprint density at radius 3 is 2.75 bits per heavy atom. The van der Waals surface area contributed by atoms with E-state index in [9.17, 15) is 15.0 Å². The SMILES string of the molecule is CC1(C)CN(C(=O)c2ccc(O)c(O)c2)CC(CBr)O1. The minimum atomic E-state index is -0.411. The molecule has 0 spiro atoms. The molecule has 110 valence electrons. The molecule has 0 radical (unpaired) electrons. The van der Waals surface area contributed by atoms with Crippen molar-refractivity contribution in [3.05, 3.63) is 23.8 Å². The van der Waals surface area contributed by atoms with Gasteiger partial charge in [-0.2, -0.15) is 0 Å². The Hall–Kier alpha value is -1.27. The van der Waals surface area contributed by atoms with E-state index in [4.69, 9.17) is 4.74 Å². The summed E-state index contributed by atoms with van der Waals surface area (Å²) in [5.74, 6) is -0.703. The molecule has 2 N–H and O–H groups in total. The summed E-state index contributed by atoms with van der Waals surface area (Å²) >= 11 is 3.38. The number of amides is 1. The number of aromatic hydroxyl groups is 2. The first kappa shape index (κ1) is 15.1. The van der Waals surface area contributed by atoms with Crippen molar-refractivity contribution >= 4 is 21.8 Å². The number of alkyl halides is 1. The summed E-state index contributed by atoms with van der Waals surface area (Å²) in [4.78, 5) is 14.2. The highest BCUT2D eigenvalue weighted by Crippen LogP contribution is 2.27. The second-order valence-corrected chi connectivity index (χ2v) is 6.19. The van der Waals surface area contributed by atoms with Crippen LogP contribution in [0.25, 0.3) is 0 Å². The number of carbonyl (C=O) groups excluding carboxylic acids is 1. The van der Waals surface area contributed by atoms with Crippen molar-refractivity contribution in [2.75, 3.05) is 18.4 Å². The van der Waals surface area contributed by atoms with Gasteiger partial charge in [0.05, 0.1) is 11.7 Å². The molecule has 1 atom stereocenters. The van der Waals surface area contributed by atoms with Crippen LogP contribution in [-0.2, 0) is 4.74 Å². The van der Waals surface area contributed by atoms with E-state index in [2.05, 4.69) is 15.9 Å². The lowest BCUT2D eigenvalue weighted by Gasteiger charge is -2.42. The normalized spacial score (nSPS) is 21.8. The second kappa shape index (κ2) is 5.61. The van der Waals surface area contributed by atoms with Gasteiger partial charge in [0.15, 0.2) is 11.5 Å². The number of halogens is 1. The molecule has 1 unspecified atom stereocenters. The molecule has 1 heterocycles. The van der Waals surface area contributed by atoms with E-state index in [0.717, 1.165) is 0 Å². The topological polar surface area (TPSA) is 70.0 Å². The number of phenolic OH excluding ortho intramolecular Hbond substituents is 2. The predicted molar refractivity (Wildman–Crippen MR) is 78.4 cm³/mol. The van der Waals surface area contributed by atoms with E-state index in [-0.39, 0.29) is 23.5 Å². The minimum Gasteiger partial charge on any atom is -0.504 e. The van der Waals surface area contributed by atoms with Crippen molar-refractivity contribution < 1.29 is 19.7 Å². The molecule has 0 bridgehead atoms. The van der Waals surface area contributed by atoms with Gasteiger partial charge in [0, 0.05) is 24.0 Å². The highest BCUT2D eigenvalue weighted by atomic mass is 79.9. The molecule has 1 aliphatic rings. The predicted octanol–water partition coefficient (Wildman–Crippen LogP) is 2.11. The van der Waals surface area contributed by atoms with Crippen molar-refractivity contribution in [2.45, 2.75) is 25.6 Å². The zero-order valence-corrected chi connectivity index (χ0v) is 13.1. The van der Waals surface area contributed by atoms with Gasteiger partial charge in [0.25, 0.3) is 5.91 Å². The zero-order valence-electron chi connectivity index (χ0n) is 11.5. The third-order valence-corrected chi connectivity index (χ3v) is 3.89. The third-order valence-electron chi connectivity index (χ3n) is 3.16. The average Bonchev–Trinajstić information content (AvgIpc) is 2.39. The summed E-state index contributed by atoms with van der Waals surface area (Å²) in [6, 6.07) is 4.10. The number of hydrogen-bond donors (Lipinski definition) is 2. The monoisotopic (exact) mass is 343 g/mol. The molecular formula is C14H18BrNO4. The molecule has 0 aromatic heterocycles. The number of phenols is 2. The molecule has 1 amide bonds. The quantitative estimate of drug-likeness (QED) is 0.637. The van der Waals surface area contributed by atoms with Crippen LogP contribution in [0.5, 0.6) is 11.5 Å². The van der Waals surface area contributed by atoms with Gasteiger partial charge in [-0.05, 0) is 32.0 Å². The summed E-state index contributed by atoms with van der Waals surface area (Å²) in [6.07, 6.45) is -0.0617. The van der Waals surface area contributed by atoms with Gasteiger partial charge in [0.2, 0.25) is 0 Å². The Labute approximate surface area is 126 Å². The van der Waals surface area contributed by atoms with E-state index >= 15 is 0 Å². The van der Waals surface area contributed by atoms with Crippen molar-refractivity contribution in [3.8, 4) is 11.5 Å². The zero-order chi connectivity index (χ0) is 14.9. The number of morpholine rings is 1. The highest BCUT2D eigenvalue weighted by molar-refractivity contribution is 9.09. The van der Waals surface area contributed by atoms with Crippen LogP contribution in [-0.4, -0.2) is 51.1 Å². The van der Waals surface area contributed by atoms with Crippen LogP contribution in [0.2, 0.25) is 0 Å². The lowest BCUT2D eigenvalue weighted by atomic mass is 10.0. The van der Waals surface area contributed by atoms with Gasteiger partial charge in [0.1, 0.15) is 0 Å². The van der Waals surface area contributed by atoms with Crippen molar-refractivity contribution in [1.82, 2.24) is 4.90 Å². The summed E-state index contributed by atoms with van der Waals surface area (Å²) < 4.78 is 5.85. The lowest BCUT2D eigenvalue weighted by Crippen LogP contribution is -2.55. The molecule has 1 aromatic rings. The summed E-state index contributed by atoms with van der Waals surface area (Å²) in [7, 11) is 0. The van der Waals surface area contributed by atoms with Crippen molar-refractivity contribution in [3.63, 3.8) is 0 Å². The lowest BCUT2D eigenvalue weighted by molar-refractivity contribution is -0.116. The smallest absolute Gasteiger partial charge is 0.254 e. The Bertz CT molecular complexity index is 518. The molecule has 20 heavy (non-hydrogen) atoms. The molecule has 1 fully saturated rings. The molecule has 2 rings (SSSR count). The largest absolute Gasteiger partial charge is 0.504 e. The molecule has 1 saturated heterocycles. The molecule has 0 aliphatic carbocycles. The Kier molecular flexibility index (Phi) is 4.25. The molecule has 1 aliphatic heterocycles. The summed E-state index contributed by atoms with van der Waals surface area (Å²) in [5, 5.41) is 19.4. The Morgan fingerprint density at radius 2 is 2.15 bits per heavy atom. The van der Waals surface area contributed by atoms with Crippen LogP contribution in [0.1, 0.15) is 24.2 Å². The molecule has 1 aromatic carbocycles. The van der Waals surface area contributed by atoms with Crippen LogP contribution >= 0.6 is 15.9 Å². The van der Waals surface area contributed by atoms with Gasteiger partial charge in [-0.15, -0.1) is 0 Å². The standard InChI is InChI=1S/C14H18BrNO4/c1-14(2)8-16(7-10(6-15)20-14)13(19)9-3-4-11(17)12(18)5-9/h3-5,10,17-18H,6-8H2,1-2H3. The molecular weight excluding hydrogens is 326 g/mol. The van der Waals surface area contributed by atoms with Crippen LogP contribution in [0, 0.1) is 0 Å². The first-order valence-electron chi connectivity index (χ1n) is 6.37. The first-order chi connectivity index (χ1) is 9.32. The van der Waals surface area contributed by atoms with E-state index in [1.165, 1.54) is 18.2 Å². The number of hydrogen-bond acceptors (Lipinski definition) is 4. The maximum absolute atomic E-state index is 12.5. The Morgan fingerprint density at radius 1 is 1.45 bits per heavy atom. The summed E-state index contributed by atoms with van der Waals surface area (Å²) in [5.41, 5.74) is -0.0583. The van der Waals surface area contributed by atoms with Crippen LogP contribution < -0.4 is 0 Å². The van der Waals surface area contributed by atoms with Crippen LogP contribution in [0.15, 0.2) is 18.2 Å². The van der Waals surface area contributed by atoms with Gasteiger partial charge in [-0.1, -0.05) is 15.9 Å². The summed E-state index contributed by atoms with van der Waals surface area (Å²) in [6.45, 7) is 4.86. The van der Waals surface area contributed by atoms with E-state index in [1.807, 2.05) is 13.8 Å². The highest BCUT2D eigenvalue weighted by Gasteiger charge is 2.35. The first-order valence-corrected chi connectivity index (χ1v) is 7.49. The van der Waals surface area contributed by atoms with Crippen LogP contribution in [0.3, 0.4) is 0 Å². The maximum atomic E-state index is 12.5. The van der Waals surface area contributed by atoms with E-state index in [0.29, 0.717) is 24.0 Å². The van der Waals surface area contributed by atoms with Crippen molar-refractivity contribution in [2.24, 2.45) is 0 Å². The van der Waals surface area contributed by atoms with Crippen LogP contribution in [0.4, 0.5) is 0 Å². The minimum absolute atomic E-state index is 0.0617. The fourth-order valence-electron chi connectivity index (χ4n) is 2.37. The van der Waals surface area contributed by atoms with E-state index in [1.54, 1.807) is 4.90 Å². The van der Waals surface area contributed by atoms with Gasteiger partial charge in [-0.3, -0.25) is 4.79 Å². The third kappa shape index (κ3) is 3.24. The molecule has 6 heteroatoms. The number of rotatable bonds is 2. The fourth-order valence-corrected chi connectivity index (χ4v) is 2.71. The number of nitrogens with zero attached hydrogens (tertiary/aromatic N) is 1.